The maximum atomic E-state index is 15.2. The first-order valence-electron chi connectivity index (χ1n) is 8.90. The lowest BCUT2D eigenvalue weighted by Crippen LogP contribution is -2.34. The standard InChI is InChI=1S/C20H25ClFN3O3/c1-4-16(25-11(2)9-18(24)26)13-6-7-14(21)20(19(13)22)28-12-5-8-15(23)17(10-12)27-3/h5-8,10-11,16,25H,4,9,23H2,1-3H3,(H2,24,26)/t11-,16+/m0/s1. The number of nitrogens with one attached hydrogen (secondary N) is 1. The molecule has 152 valence electrons. The van der Waals surface area contributed by atoms with Crippen LogP contribution in [-0.2, 0) is 4.79 Å². The normalized spacial score (nSPS) is 13.0. The fourth-order valence-electron chi connectivity index (χ4n) is 2.91. The summed E-state index contributed by atoms with van der Waals surface area (Å²) in [7, 11) is 1.48. The Labute approximate surface area is 168 Å². The van der Waals surface area contributed by atoms with Crippen molar-refractivity contribution in [3.63, 3.8) is 0 Å². The van der Waals surface area contributed by atoms with E-state index in [-0.39, 0.29) is 29.3 Å². The molecule has 0 spiro atoms. The fourth-order valence-corrected chi connectivity index (χ4v) is 3.10. The number of amides is 1. The smallest absolute Gasteiger partial charge is 0.218 e. The predicted molar refractivity (Wildman–Crippen MR) is 108 cm³/mol. The van der Waals surface area contributed by atoms with E-state index < -0.39 is 11.7 Å². The molecule has 2 rings (SSSR count). The summed E-state index contributed by atoms with van der Waals surface area (Å²) in [5.41, 5.74) is 11.9. The summed E-state index contributed by atoms with van der Waals surface area (Å²) in [5.74, 6) is -0.332. The lowest BCUT2D eigenvalue weighted by molar-refractivity contribution is -0.118. The summed E-state index contributed by atoms with van der Waals surface area (Å²) >= 11 is 6.18. The van der Waals surface area contributed by atoms with E-state index in [2.05, 4.69) is 5.32 Å². The molecule has 0 unspecified atom stereocenters. The number of methoxy groups -OCH3 is 1. The van der Waals surface area contributed by atoms with E-state index in [4.69, 9.17) is 32.5 Å². The number of carbonyl (C=O) groups is 1. The summed E-state index contributed by atoms with van der Waals surface area (Å²) in [6, 6.07) is 7.40. The number of benzene rings is 2. The van der Waals surface area contributed by atoms with E-state index in [1.807, 2.05) is 13.8 Å². The summed E-state index contributed by atoms with van der Waals surface area (Å²) in [5, 5.41) is 3.35. The van der Waals surface area contributed by atoms with E-state index >= 15 is 4.39 Å². The van der Waals surface area contributed by atoms with Crippen LogP contribution in [0.3, 0.4) is 0 Å². The van der Waals surface area contributed by atoms with Crippen molar-refractivity contribution in [2.45, 2.75) is 38.8 Å². The van der Waals surface area contributed by atoms with Crippen molar-refractivity contribution < 1.29 is 18.7 Å². The molecule has 0 radical (unpaired) electrons. The SMILES string of the molecule is CC[C@@H](N[C@@H](C)CC(N)=O)c1ccc(Cl)c(Oc2ccc(N)c(OC)c2)c1F. The first-order chi connectivity index (χ1) is 13.3. The Bertz CT molecular complexity index is 848. The lowest BCUT2D eigenvalue weighted by atomic mass is 10.0. The predicted octanol–water partition coefficient (Wildman–Crippen LogP) is 4.17. The van der Waals surface area contributed by atoms with Crippen LogP contribution < -0.4 is 26.3 Å². The van der Waals surface area contributed by atoms with Crippen molar-refractivity contribution >= 4 is 23.2 Å². The monoisotopic (exact) mass is 409 g/mol. The third-order valence-corrected chi connectivity index (χ3v) is 4.58. The van der Waals surface area contributed by atoms with Gasteiger partial charge in [-0.15, -0.1) is 0 Å². The zero-order valence-corrected chi connectivity index (χ0v) is 16.8. The second-order valence-electron chi connectivity index (χ2n) is 6.48. The molecular formula is C20H25ClFN3O3. The molecule has 2 aromatic rings. The highest BCUT2D eigenvalue weighted by molar-refractivity contribution is 6.32. The number of nitrogen functional groups attached to an aromatic ring is 1. The Kier molecular flexibility index (Phi) is 7.48. The molecule has 0 aromatic heterocycles. The average Bonchev–Trinajstić information content (AvgIpc) is 2.64. The second-order valence-corrected chi connectivity index (χ2v) is 6.89. The molecule has 0 bridgehead atoms. The van der Waals surface area contributed by atoms with Crippen molar-refractivity contribution in [3.05, 3.63) is 46.7 Å². The molecule has 8 heteroatoms. The number of carbonyl (C=O) groups excluding carboxylic acids is 1. The zero-order chi connectivity index (χ0) is 20.8. The second kappa shape index (κ2) is 9.61. The summed E-state index contributed by atoms with van der Waals surface area (Å²) in [4.78, 5) is 11.1. The molecule has 2 aromatic carbocycles. The van der Waals surface area contributed by atoms with Gasteiger partial charge in [0.1, 0.15) is 11.5 Å². The number of hydrogen-bond acceptors (Lipinski definition) is 5. The van der Waals surface area contributed by atoms with Gasteiger partial charge in [0.2, 0.25) is 5.91 Å². The average molecular weight is 410 g/mol. The van der Waals surface area contributed by atoms with Crippen LogP contribution in [0.2, 0.25) is 5.02 Å². The van der Waals surface area contributed by atoms with Gasteiger partial charge in [0.25, 0.3) is 0 Å². The van der Waals surface area contributed by atoms with Crippen molar-refractivity contribution in [2.75, 3.05) is 12.8 Å². The largest absolute Gasteiger partial charge is 0.494 e. The highest BCUT2D eigenvalue weighted by atomic mass is 35.5. The molecule has 0 heterocycles. The number of halogens is 2. The lowest BCUT2D eigenvalue weighted by Gasteiger charge is -2.23. The minimum atomic E-state index is -0.575. The van der Waals surface area contributed by atoms with Gasteiger partial charge in [0.15, 0.2) is 11.6 Å². The molecule has 0 saturated carbocycles. The molecule has 1 amide bonds. The Hall–Kier alpha value is -2.51. The Morgan fingerprint density at radius 1 is 1.32 bits per heavy atom. The third-order valence-electron chi connectivity index (χ3n) is 4.28. The summed E-state index contributed by atoms with van der Waals surface area (Å²) in [6.07, 6.45) is 0.747. The van der Waals surface area contributed by atoms with Crippen LogP contribution in [0, 0.1) is 5.82 Å². The van der Waals surface area contributed by atoms with Gasteiger partial charge in [-0.05, 0) is 31.5 Å². The van der Waals surface area contributed by atoms with Gasteiger partial charge in [0, 0.05) is 30.1 Å². The Morgan fingerprint density at radius 3 is 2.64 bits per heavy atom. The van der Waals surface area contributed by atoms with Gasteiger partial charge >= 0.3 is 0 Å². The first-order valence-corrected chi connectivity index (χ1v) is 9.28. The van der Waals surface area contributed by atoms with Crippen molar-refractivity contribution in [3.8, 4) is 17.2 Å². The quantitative estimate of drug-likeness (QED) is 0.540. The number of primary amides is 1. The van der Waals surface area contributed by atoms with Gasteiger partial charge in [0.05, 0.1) is 17.8 Å². The van der Waals surface area contributed by atoms with Crippen molar-refractivity contribution in [1.82, 2.24) is 5.32 Å². The maximum absolute atomic E-state index is 15.2. The summed E-state index contributed by atoms with van der Waals surface area (Å²) in [6.45, 7) is 3.73. The molecule has 6 nitrogen and oxygen atoms in total. The molecule has 2 atom stereocenters. The Morgan fingerprint density at radius 2 is 2.04 bits per heavy atom. The molecule has 5 N–H and O–H groups in total. The molecule has 0 saturated heterocycles. The van der Waals surface area contributed by atoms with Gasteiger partial charge in [-0.2, -0.15) is 0 Å². The van der Waals surface area contributed by atoms with E-state index in [1.54, 1.807) is 30.3 Å². The van der Waals surface area contributed by atoms with Crippen LogP contribution in [0.5, 0.6) is 17.2 Å². The van der Waals surface area contributed by atoms with Crippen molar-refractivity contribution in [1.29, 1.82) is 0 Å². The van der Waals surface area contributed by atoms with Crippen LogP contribution in [0.15, 0.2) is 30.3 Å². The maximum Gasteiger partial charge on any atom is 0.218 e. The van der Waals surface area contributed by atoms with Crippen LogP contribution in [-0.4, -0.2) is 19.1 Å². The number of rotatable bonds is 9. The highest BCUT2D eigenvalue weighted by Gasteiger charge is 2.22. The topological polar surface area (TPSA) is 99.6 Å². The molecule has 0 fully saturated rings. The van der Waals surface area contributed by atoms with Crippen LogP contribution in [0.4, 0.5) is 10.1 Å². The van der Waals surface area contributed by atoms with Gasteiger partial charge in [-0.3, -0.25) is 4.79 Å². The molecular weight excluding hydrogens is 385 g/mol. The zero-order valence-electron chi connectivity index (χ0n) is 16.1. The molecule has 0 aliphatic carbocycles. The minimum absolute atomic E-state index is 0.0891. The Balaban J connectivity index is 2.33. The van der Waals surface area contributed by atoms with Crippen LogP contribution in [0.25, 0.3) is 0 Å². The van der Waals surface area contributed by atoms with Crippen LogP contribution >= 0.6 is 11.6 Å². The number of nitrogens with two attached hydrogens (primary N) is 2. The van der Waals surface area contributed by atoms with Gasteiger partial charge < -0.3 is 26.3 Å². The highest BCUT2D eigenvalue weighted by Crippen LogP contribution is 2.38. The van der Waals surface area contributed by atoms with E-state index in [0.29, 0.717) is 29.2 Å². The molecule has 28 heavy (non-hydrogen) atoms. The third kappa shape index (κ3) is 5.27. The van der Waals surface area contributed by atoms with E-state index in [1.165, 1.54) is 7.11 Å². The van der Waals surface area contributed by atoms with E-state index in [0.717, 1.165) is 0 Å². The molecule has 0 aliphatic rings. The van der Waals surface area contributed by atoms with E-state index in [9.17, 15) is 4.79 Å². The van der Waals surface area contributed by atoms with Gasteiger partial charge in [-0.25, -0.2) is 4.39 Å². The first kappa shape index (κ1) is 21.8. The number of hydrogen-bond donors (Lipinski definition) is 3. The van der Waals surface area contributed by atoms with Gasteiger partial charge in [-0.1, -0.05) is 24.6 Å². The minimum Gasteiger partial charge on any atom is -0.494 e. The molecule has 0 aliphatic heterocycles. The summed E-state index contributed by atoms with van der Waals surface area (Å²) < 4.78 is 26.1. The fraction of sp³-hybridized carbons (Fsp3) is 0.350. The van der Waals surface area contributed by atoms with Crippen molar-refractivity contribution in [2.24, 2.45) is 5.73 Å². The van der Waals surface area contributed by atoms with Crippen LogP contribution in [0.1, 0.15) is 38.3 Å². The number of anilines is 1. The number of ether oxygens (including phenoxy) is 2.